The largest absolute Gasteiger partial charge is 0.490 e. The topological polar surface area (TPSA) is 67.1 Å². The summed E-state index contributed by atoms with van der Waals surface area (Å²) in [6.45, 7) is 6.91. The van der Waals surface area contributed by atoms with E-state index in [1.807, 2.05) is 45.0 Å². The van der Waals surface area contributed by atoms with Gasteiger partial charge in [0.15, 0.2) is 11.5 Å². The van der Waals surface area contributed by atoms with Crippen LogP contribution in [-0.4, -0.2) is 25.8 Å². The van der Waals surface area contributed by atoms with Gasteiger partial charge in [-0.05, 0) is 57.2 Å². The zero-order valence-electron chi connectivity index (χ0n) is 17.8. The van der Waals surface area contributed by atoms with Crippen molar-refractivity contribution in [3.63, 3.8) is 0 Å². The van der Waals surface area contributed by atoms with E-state index in [4.69, 9.17) is 23.4 Å². The smallest absolute Gasteiger partial charge is 0.343 e. The average molecular weight is 420 g/mol. The summed E-state index contributed by atoms with van der Waals surface area (Å²) in [7, 11) is 0. The first-order valence-electron chi connectivity index (χ1n) is 10.3. The van der Waals surface area contributed by atoms with E-state index in [0.29, 0.717) is 48.4 Å². The van der Waals surface area contributed by atoms with Gasteiger partial charge in [0.1, 0.15) is 16.9 Å². The van der Waals surface area contributed by atoms with Gasteiger partial charge in [-0.3, -0.25) is 0 Å². The number of para-hydroxylation sites is 1. The van der Waals surface area contributed by atoms with Gasteiger partial charge in [0.25, 0.3) is 0 Å². The second kappa shape index (κ2) is 9.00. The number of hydrogen-bond acceptors (Lipinski definition) is 6. The predicted molar refractivity (Wildman–Crippen MR) is 119 cm³/mol. The molecule has 4 rings (SSSR count). The van der Waals surface area contributed by atoms with Crippen molar-refractivity contribution in [1.29, 1.82) is 0 Å². The van der Waals surface area contributed by atoms with Crippen molar-refractivity contribution in [2.75, 3.05) is 19.8 Å². The Labute approximate surface area is 180 Å². The third-order valence-electron chi connectivity index (χ3n) is 4.70. The van der Waals surface area contributed by atoms with Gasteiger partial charge < -0.3 is 23.4 Å². The minimum Gasteiger partial charge on any atom is -0.490 e. The molecule has 0 amide bonds. The zero-order valence-corrected chi connectivity index (χ0v) is 17.8. The van der Waals surface area contributed by atoms with Crippen LogP contribution in [0.1, 0.15) is 31.1 Å². The number of benzene rings is 3. The summed E-state index contributed by atoms with van der Waals surface area (Å²) < 4.78 is 28.6. The molecule has 0 aliphatic carbocycles. The molecule has 160 valence electrons. The lowest BCUT2D eigenvalue weighted by atomic mass is 10.1. The van der Waals surface area contributed by atoms with Crippen molar-refractivity contribution in [1.82, 2.24) is 0 Å². The van der Waals surface area contributed by atoms with Gasteiger partial charge in [-0.25, -0.2) is 4.79 Å². The summed E-state index contributed by atoms with van der Waals surface area (Å²) in [6, 6.07) is 16.3. The molecule has 31 heavy (non-hydrogen) atoms. The highest BCUT2D eigenvalue weighted by Gasteiger charge is 2.20. The molecule has 1 aromatic heterocycles. The highest BCUT2D eigenvalue weighted by atomic mass is 16.5. The summed E-state index contributed by atoms with van der Waals surface area (Å²) in [5.74, 6) is 1.28. The molecule has 0 bridgehead atoms. The molecular formula is C25H24O6. The maximum absolute atomic E-state index is 12.9. The molecule has 0 fully saturated rings. The Morgan fingerprint density at radius 2 is 1.42 bits per heavy atom. The predicted octanol–water partition coefficient (Wildman–Crippen LogP) is 6.00. The van der Waals surface area contributed by atoms with Crippen LogP contribution in [0.3, 0.4) is 0 Å². The van der Waals surface area contributed by atoms with Crippen LogP contribution >= 0.6 is 0 Å². The Kier molecular flexibility index (Phi) is 5.98. The third kappa shape index (κ3) is 4.14. The van der Waals surface area contributed by atoms with E-state index < -0.39 is 5.97 Å². The molecule has 6 nitrogen and oxygen atoms in total. The lowest BCUT2D eigenvalue weighted by molar-refractivity contribution is 0.0733. The lowest BCUT2D eigenvalue weighted by Gasteiger charge is -2.16. The molecule has 4 aromatic rings. The molecule has 0 atom stereocenters. The van der Waals surface area contributed by atoms with Crippen LogP contribution in [0, 0.1) is 0 Å². The minimum absolute atomic E-state index is 0.313. The first-order valence-corrected chi connectivity index (χ1v) is 10.3. The molecule has 3 aromatic carbocycles. The quantitative estimate of drug-likeness (QED) is 0.257. The molecular weight excluding hydrogens is 396 g/mol. The van der Waals surface area contributed by atoms with Gasteiger partial charge in [-0.15, -0.1) is 0 Å². The monoisotopic (exact) mass is 420 g/mol. The molecule has 0 aliphatic rings. The van der Waals surface area contributed by atoms with E-state index >= 15 is 0 Å². The number of hydrogen-bond donors (Lipinski definition) is 0. The van der Waals surface area contributed by atoms with Crippen molar-refractivity contribution in [2.45, 2.75) is 20.8 Å². The highest BCUT2D eigenvalue weighted by molar-refractivity contribution is 6.05. The van der Waals surface area contributed by atoms with E-state index in [1.54, 1.807) is 30.3 Å². The van der Waals surface area contributed by atoms with Crippen LogP contribution in [0.5, 0.6) is 23.0 Å². The average Bonchev–Trinajstić information content (AvgIpc) is 3.14. The minimum atomic E-state index is -0.517. The number of carbonyl (C=O) groups is 1. The van der Waals surface area contributed by atoms with Gasteiger partial charge in [-0.2, -0.15) is 0 Å². The van der Waals surface area contributed by atoms with Crippen LogP contribution < -0.4 is 18.9 Å². The Hall–Kier alpha value is -3.67. The first kappa shape index (κ1) is 20.6. The van der Waals surface area contributed by atoms with E-state index in [-0.39, 0.29) is 0 Å². The molecule has 0 N–H and O–H groups in total. The first-order chi connectivity index (χ1) is 15.1. The second-order valence-electron chi connectivity index (χ2n) is 6.75. The fourth-order valence-corrected chi connectivity index (χ4v) is 3.44. The van der Waals surface area contributed by atoms with Crippen molar-refractivity contribution < 1.29 is 28.2 Å². The van der Waals surface area contributed by atoms with Gasteiger partial charge in [0.2, 0.25) is 5.75 Å². The number of carbonyl (C=O) groups excluding carboxylic acids is 1. The lowest BCUT2D eigenvalue weighted by Crippen LogP contribution is -2.11. The number of fused-ring (bicyclic) bond motifs is 3. The molecule has 6 heteroatoms. The number of rotatable bonds is 8. The third-order valence-corrected chi connectivity index (χ3v) is 4.70. The standard InChI is InChI=1S/C25H24O6/c1-4-27-22-13-16(14-23(28-5-2)24(22)29-6-3)25(26)30-17-11-12-21-19(15-17)18-9-7-8-10-20(18)31-21/h7-15H,4-6H2,1-3H3. The SMILES string of the molecule is CCOc1cc(C(=O)Oc2ccc3oc4ccccc4c3c2)cc(OCC)c1OCC. The Morgan fingerprint density at radius 1 is 0.774 bits per heavy atom. The number of furan rings is 1. The molecule has 0 radical (unpaired) electrons. The van der Waals surface area contributed by atoms with E-state index in [0.717, 1.165) is 21.9 Å². The van der Waals surface area contributed by atoms with Crippen LogP contribution in [0.15, 0.2) is 59.0 Å². The molecule has 0 spiro atoms. The summed E-state index contributed by atoms with van der Waals surface area (Å²) in [5.41, 5.74) is 1.84. The highest BCUT2D eigenvalue weighted by Crippen LogP contribution is 2.39. The van der Waals surface area contributed by atoms with E-state index in [2.05, 4.69) is 0 Å². The maximum Gasteiger partial charge on any atom is 0.343 e. The summed E-state index contributed by atoms with van der Waals surface area (Å²) in [6.07, 6.45) is 0. The normalized spacial score (nSPS) is 10.9. The fourth-order valence-electron chi connectivity index (χ4n) is 3.44. The van der Waals surface area contributed by atoms with Gasteiger partial charge in [0.05, 0.1) is 25.4 Å². The number of ether oxygens (including phenoxy) is 4. The fraction of sp³-hybridized carbons (Fsp3) is 0.240. The van der Waals surface area contributed by atoms with Crippen molar-refractivity contribution in [3.05, 3.63) is 60.2 Å². The van der Waals surface area contributed by atoms with Crippen molar-refractivity contribution >= 4 is 27.9 Å². The van der Waals surface area contributed by atoms with Crippen LogP contribution in [-0.2, 0) is 0 Å². The van der Waals surface area contributed by atoms with Gasteiger partial charge >= 0.3 is 5.97 Å². The molecule has 0 saturated heterocycles. The maximum atomic E-state index is 12.9. The van der Waals surface area contributed by atoms with Gasteiger partial charge in [-0.1, -0.05) is 18.2 Å². The van der Waals surface area contributed by atoms with Crippen LogP contribution in [0.25, 0.3) is 21.9 Å². The summed E-state index contributed by atoms with van der Waals surface area (Å²) in [4.78, 5) is 12.9. The Morgan fingerprint density at radius 3 is 2.10 bits per heavy atom. The molecule has 0 aliphatic heterocycles. The van der Waals surface area contributed by atoms with E-state index in [1.165, 1.54) is 0 Å². The Balaban J connectivity index is 1.68. The Bertz CT molecular complexity index is 1200. The second-order valence-corrected chi connectivity index (χ2v) is 6.75. The van der Waals surface area contributed by atoms with Gasteiger partial charge in [0, 0.05) is 10.8 Å². The van der Waals surface area contributed by atoms with Crippen LogP contribution in [0.4, 0.5) is 0 Å². The van der Waals surface area contributed by atoms with Crippen LogP contribution in [0.2, 0.25) is 0 Å². The zero-order chi connectivity index (χ0) is 21.8. The molecule has 1 heterocycles. The summed E-state index contributed by atoms with van der Waals surface area (Å²) in [5, 5.41) is 1.85. The molecule has 0 saturated carbocycles. The van der Waals surface area contributed by atoms with Crippen molar-refractivity contribution in [2.24, 2.45) is 0 Å². The number of esters is 1. The molecule has 0 unspecified atom stereocenters. The van der Waals surface area contributed by atoms with E-state index in [9.17, 15) is 4.79 Å². The van der Waals surface area contributed by atoms with Crippen molar-refractivity contribution in [3.8, 4) is 23.0 Å². The summed E-state index contributed by atoms with van der Waals surface area (Å²) >= 11 is 0.